The number of alkyl halides is 3. The summed E-state index contributed by atoms with van der Waals surface area (Å²) >= 11 is 0. The minimum absolute atomic E-state index is 0.0156. The van der Waals surface area contributed by atoms with E-state index in [-0.39, 0.29) is 29.7 Å². The molecule has 3 atom stereocenters. The average Bonchev–Trinajstić information content (AvgIpc) is 3.32. The van der Waals surface area contributed by atoms with Crippen LogP contribution in [0.3, 0.4) is 0 Å². The number of nitrogens with one attached hydrogen (secondary N) is 2. The van der Waals surface area contributed by atoms with Crippen molar-refractivity contribution in [2.24, 2.45) is 5.41 Å². The molecule has 3 heterocycles. The maximum atomic E-state index is 15.9. The van der Waals surface area contributed by atoms with Crippen LogP contribution in [-0.2, 0) is 6.42 Å². The zero-order valence-corrected chi connectivity index (χ0v) is 22.2. The summed E-state index contributed by atoms with van der Waals surface area (Å²) in [5, 5.41) is 11.2. The number of rotatable bonds is 8. The minimum Gasteiger partial charge on any atom is -0.380 e. The Bertz CT molecular complexity index is 1340. The number of aromatic nitrogens is 2. The van der Waals surface area contributed by atoms with Gasteiger partial charge in [0, 0.05) is 60.7 Å². The number of anilines is 1. The first-order chi connectivity index (χ1) is 18.6. The topological polar surface area (TPSA) is 47.2 Å². The molecule has 0 bridgehead atoms. The Morgan fingerprint density at radius 1 is 1.18 bits per heavy atom. The average molecular weight is 548 g/mol. The molecule has 3 aromatic rings. The second kappa shape index (κ2) is 9.73. The Morgan fingerprint density at radius 3 is 2.59 bits per heavy atom. The maximum Gasteiger partial charge on any atom is 0.257 e. The molecular weight excluding hydrogens is 513 g/mol. The summed E-state index contributed by atoms with van der Waals surface area (Å²) in [6.07, 6.45) is 4.66. The number of likely N-dealkylation sites (tertiary alicyclic amines) is 1. The van der Waals surface area contributed by atoms with E-state index in [0.717, 1.165) is 42.8 Å². The van der Waals surface area contributed by atoms with Crippen LogP contribution in [0.1, 0.15) is 55.8 Å². The van der Waals surface area contributed by atoms with E-state index < -0.39 is 30.1 Å². The first-order valence-corrected chi connectivity index (χ1v) is 13.7. The second-order valence-electron chi connectivity index (χ2n) is 11.9. The van der Waals surface area contributed by atoms with E-state index in [1.54, 1.807) is 18.3 Å². The molecule has 2 aliphatic heterocycles. The van der Waals surface area contributed by atoms with Crippen LogP contribution in [-0.4, -0.2) is 70.9 Å². The van der Waals surface area contributed by atoms with Gasteiger partial charge in [0.2, 0.25) is 0 Å². The molecule has 1 saturated heterocycles. The number of halogens is 5. The predicted molar refractivity (Wildman–Crippen MR) is 141 cm³/mol. The Balaban J connectivity index is 1.36. The lowest BCUT2D eigenvalue weighted by molar-refractivity contribution is -0.0369. The smallest absolute Gasteiger partial charge is 0.257 e. The molecule has 2 aromatic carbocycles. The fraction of sp³-hybridized carbons (Fsp3) is 0.552. The first kappa shape index (κ1) is 26.5. The summed E-state index contributed by atoms with van der Waals surface area (Å²) in [6.45, 7) is 3.87. The molecule has 2 N–H and O–H groups in total. The van der Waals surface area contributed by atoms with E-state index in [9.17, 15) is 13.2 Å². The van der Waals surface area contributed by atoms with Crippen LogP contribution < -0.4 is 5.32 Å². The van der Waals surface area contributed by atoms with Gasteiger partial charge in [-0.1, -0.05) is 6.07 Å². The molecule has 0 unspecified atom stereocenters. The molecule has 1 aromatic heterocycles. The Kier molecular flexibility index (Phi) is 6.61. The lowest BCUT2D eigenvalue weighted by Gasteiger charge is -2.43. The third kappa shape index (κ3) is 4.90. The van der Waals surface area contributed by atoms with Crippen molar-refractivity contribution >= 4 is 16.6 Å². The predicted octanol–water partition coefficient (Wildman–Crippen LogP) is 6.07. The third-order valence-corrected chi connectivity index (χ3v) is 8.84. The number of H-pyrrole nitrogens is 1. The van der Waals surface area contributed by atoms with Gasteiger partial charge in [-0.2, -0.15) is 5.10 Å². The quantitative estimate of drug-likeness (QED) is 0.336. The largest absolute Gasteiger partial charge is 0.380 e. The molecule has 2 fully saturated rings. The molecule has 1 spiro atoms. The van der Waals surface area contributed by atoms with Crippen LogP contribution in [0.2, 0.25) is 0 Å². The molecule has 6 rings (SSSR count). The molecule has 3 aliphatic rings. The van der Waals surface area contributed by atoms with Gasteiger partial charge in [-0.25, -0.2) is 17.6 Å². The number of aromatic amines is 1. The number of benzene rings is 2. The van der Waals surface area contributed by atoms with E-state index in [0.29, 0.717) is 37.2 Å². The van der Waals surface area contributed by atoms with Gasteiger partial charge in [0.1, 0.15) is 11.6 Å². The van der Waals surface area contributed by atoms with E-state index in [1.165, 1.54) is 17.0 Å². The normalized spacial score (nSPS) is 24.9. The van der Waals surface area contributed by atoms with E-state index in [2.05, 4.69) is 20.4 Å². The summed E-state index contributed by atoms with van der Waals surface area (Å²) in [4.78, 5) is 3.73. The van der Waals surface area contributed by atoms with Gasteiger partial charge in [0.15, 0.2) is 0 Å². The molecule has 5 nitrogen and oxygen atoms in total. The van der Waals surface area contributed by atoms with Gasteiger partial charge < -0.3 is 10.2 Å². The van der Waals surface area contributed by atoms with Crippen LogP contribution in [0, 0.1) is 17.0 Å². The van der Waals surface area contributed by atoms with E-state index in [4.69, 9.17) is 0 Å². The van der Waals surface area contributed by atoms with Crippen molar-refractivity contribution < 1.29 is 22.0 Å². The lowest BCUT2D eigenvalue weighted by Crippen LogP contribution is -2.48. The molecule has 0 radical (unpaired) electrons. The Morgan fingerprint density at radius 2 is 1.92 bits per heavy atom. The van der Waals surface area contributed by atoms with Gasteiger partial charge in [-0.3, -0.25) is 14.4 Å². The van der Waals surface area contributed by atoms with Crippen molar-refractivity contribution in [2.45, 2.75) is 63.6 Å². The monoisotopic (exact) mass is 547 g/mol. The zero-order valence-electron chi connectivity index (χ0n) is 22.2. The molecule has 1 aliphatic carbocycles. The molecule has 39 heavy (non-hydrogen) atoms. The van der Waals surface area contributed by atoms with E-state index >= 15 is 8.78 Å². The highest BCUT2D eigenvalue weighted by molar-refractivity contribution is 5.83. The second-order valence-corrected chi connectivity index (χ2v) is 11.9. The fourth-order valence-electron chi connectivity index (χ4n) is 6.83. The Hall–Kier alpha value is -2.72. The summed E-state index contributed by atoms with van der Waals surface area (Å²) in [5.41, 5.74) is 2.43. The van der Waals surface area contributed by atoms with Gasteiger partial charge in [-0.05, 0) is 61.9 Å². The summed E-state index contributed by atoms with van der Waals surface area (Å²) < 4.78 is 73.3. The van der Waals surface area contributed by atoms with Crippen LogP contribution in [0.25, 0.3) is 10.9 Å². The van der Waals surface area contributed by atoms with Crippen LogP contribution in [0.4, 0.5) is 27.6 Å². The van der Waals surface area contributed by atoms with Gasteiger partial charge in [0.05, 0.1) is 31.0 Å². The van der Waals surface area contributed by atoms with Crippen molar-refractivity contribution in [3.8, 4) is 0 Å². The van der Waals surface area contributed by atoms with Gasteiger partial charge >= 0.3 is 0 Å². The highest BCUT2D eigenvalue weighted by Gasteiger charge is 2.54. The van der Waals surface area contributed by atoms with E-state index in [1.807, 2.05) is 6.92 Å². The fourth-order valence-corrected chi connectivity index (χ4v) is 6.83. The van der Waals surface area contributed by atoms with Crippen molar-refractivity contribution in [1.82, 2.24) is 20.0 Å². The van der Waals surface area contributed by atoms with Crippen LogP contribution in [0.15, 0.2) is 30.5 Å². The van der Waals surface area contributed by atoms with Crippen LogP contribution in [0.5, 0.6) is 0 Å². The first-order valence-electron chi connectivity index (χ1n) is 13.7. The maximum absolute atomic E-state index is 15.9. The molecular formula is C29H34F5N5. The van der Waals surface area contributed by atoms with Gasteiger partial charge in [-0.15, -0.1) is 0 Å². The zero-order chi connectivity index (χ0) is 27.5. The highest BCUT2D eigenvalue weighted by atomic mass is 19.3. The molecule has 1 saturated carbocycles. The summed E-state index contributed by atoms with van der Waals surface area (Å²) in [5.74, 6) is -4.58. The molecule has 210 valence electrons. The summed E-state index contributed by atoms with van der Waals surface area (Å²) in [6, 6.07) is 4.74. The molecule has 0 amide bonds. The molecule has 10 heteroatoms. The van der Waals surface area contributed by atoms with Gasteiger partial charge in [0.25, 0.3) is 5.92 Å². The standard InChI is InChI=1S/C29H34F5N5/c1-17-10-20-19(4-5-24-21(20)13-35-37-24)27(39(17)15-28(2,33)34)26-22(31)11-18(12-23(26)32)36-25-14-38(9-3-8-30)16-29(25)6-7-29/h4-5,11-13,17,25,27,36H,3,6-10,14-16H2,1-2H3,(H,35,37)/t17-,25-,27+/m1/s1. The minimum atomic E-state index is -3.05. The van der Waals surface area contributed by atoms with Crippen molar-refractivity contribution in [3.05, 3.63) is 58.8 Å². The highest BCUT2D eigenvalue weighted by Crippen LogP contribution is 2.54. The lowest BCUT2D eigenvalue weighted by atomic mass is 9.83. The SMILES string of the molecule is C[C@@H]1Cc2c(ccc3[nH]ncc23)[C@@H](c2c(F)cc(N[C@@H]3CN(CCCF)CC34CC4)cc2F)N1CC(C)(F)F. The number of hydrogen-bond donors (Lipinski definition) is 2. The van der Waals surface area contributed by atoms with Crippen molar-refractivity contribution in [3.63, 3.8) is 0 Å². The third-order valence-electron chi connectivity index (χ3n) is 8.84. The van der Waals surface area contributed by atoms with Crippen molar-refractivity contribution in [1.29, 1.82) is 0 Å². The Labute approximate surface area is 224 Å². The van der Waals surface area contributed by atoms with Crippen molar-refractivity contribution in [2.75, 3.05) is 38.2 Å². The number of nitrogens with zero attached hydrogens (tertiary/aromatic N) is 3. The van der Waals surface area contributed by atoms with Crippen LogP contribution >= 0.6 is 0 Å². The number of hydrogen-bond acceptors (Lipinski definition) is 4. The summed E-state index contributed by atoms with van der Waals surface area (Å²) in [7, 11) is 0. The number of fused-ring (bicyclic) bond motifs is 3.